The molecule has 3 aromatic rings. The van der Waals surface area contributed by atoms with Gasteiger partial charge < -0.3 is 19.1 Å². The van der Waals surface area contributed by atoms with Crippen molar-refractivity contribution in [1.29, 1.82) is 0 Å². The first-order chi connectivity index (χ1) is 19.1. The van der Waals surface area contributed by atoms with Gasteiger partial charge >= 0.3 is 12.3 Å². The van der Waals surface area contributed by atoms with Crippen molar-refractivity contribution in [3.8, 4) is 11.4 Å². The van der Waals surface area contributed by atoms with Gasteiger partial charge in [0.25, 0.3) is 0 Å². The molecule has 1 unspecified atom stereocenters. The van der Waals surface area contributed by atoms with E-state index in [1.165, 1.54) is 24.1 Å². The molecule has 1 saturated heterocycles. The van der Waals surface area contributed by atoms with Crippen molar-refractivity contribution in [1.82, 2.24) is 14.5 Å². The Kier molecular flexibility index (Phi) is 8.37. The fourth-order valence-corrected chi connectivity index (χ4v) is 5.89. The molecule has 1 aromatic heterocycles. The first-order valence-electron chi connectivity index (χ1n) is 12.9. The maximum atomic E-state index is 13.7. The number of carbonyl (C=O) groups excluding carboxylic acids is 1. The average molecular weight is 626 g/mol. The van der Waals surface area contributed by atoms with Gasteiger partial charge in [-0.1, -0.05) is 12.1 Å². The van der Waals surface area contributed by atoms with Crippen molar-refractivity contribution in [2.24, 2.45) is 0 Å². The number of hydrogen-bond acceptors (Lipinski definition) is 5. The molecule has 1 atom stereocenters. The summed E-state index contributed by atoms with van der Waals surface area (Å²) < 4.78 is 72.5. The van der Waals surface area contributed by atoms with Crippen LogP contribution in [0.2, 0.25) is 0 Å². The van der Waals surface area contributed by atoms with Crippen LogP contribution in [-0.4, -0.2) is 59.6 Å². The summed E-state index contributed by atoms with van der Waals surface area (Å²) in [4.78, 5) is 18.8. The molecule has 2 aliphatic heterocycles. The molecule has 0 spiro atoms. The molecule has 7 nitrogen and oxygen atoms in total. The average Bonchev–Trinajstić information content (AvgIpc) is 3.28. The number of imidazole rings is 1. The van der Waals surface area contributed by atoms with E-state index in [1.54, 1.807) is 30.3 Å². The number of alkyl halides is 3. The number of nitrogens with zero attached hydrogens (tertiary/aromatic N) is 3. The van der Waals surface area contributed by atoms with Crippen LogP contribution in [0.25, 0.3) is 5.69 Å². The fourth-order valence-electron chi connectivity index (χ4n) is 5.09. The van der Waals surface area contributed by atoms with Gasteiger partial charge in [0.15, 0.2) is 0 Å². The van der Waals surface area contributed by atoms with Gasteiger partial charge in [-0.25, -0.2) is 14.2 Å². The number of carbonyl (C=O) groups is 1. The van der Waals surface area contributed by atoms with Gasteiger partial charge in [-0.2, -0.15) is 13.2 Å². The minimum atomic E-state index is -4.77. The number of amides is 1. The molecule has 0 aliphatic carbocycles. The third-order valence-electron chi connectivity index (χ3n) is 7.26. The number of benzene rings is 2. The van der Waals surface area contributed by atoms with Crippen molar-refractivity contribution >= 4 is 22.0 Å². The summed E-state index contributed by atoms with van der Waals surface area (Å²) in [6.07, 6.45) is -5.78. The monoisotopic (exact) mass is 625 g/mol. The largest absolute Gasteiger partial charge is 0.497 e. The summed E-state index contributed by atoms with van der Waals surface area (Å²) in [6, 6.07) is 11.4. The number of likely N-dealkylation sites (tertiary alicyclic amines) is 1. The van der Waals surface area contributed by atoms with E-state index in [4.69, 9.17) is 19.2 Å². The minimum absolute atomic E-state index is 0.00617. The smallest absolute Gasteiger partial charge is 0.427 e. The molecule has 12 heteroatoms. The van der Waals surface area contributed by atoms with E-state index < -0.39 is 25.0 Å². The van der Waals surface area contributed by atoms with E-state index in [0.29, 0.717) is 37.0 Å². The highest BCUT2D eigenvalue weighted by atomic mass is 79.9. The van der Waals surface area contributed by atoms with Gasteiger partial charge in [0.2, 0.25) is 6.10 Å². The number of methoxy groups -OCH3 is 1. The molecule has 1 fully saturated rings. The molecule has 2 aliphatic rings. The van der Waals surface area contributed by atoms with Crippen LogP contribution in [0.1, 0.15) is 41.4 Å². The highest BCUT2D eigenvalue weighted by molar-refractivity contribution is 9.10. The van der Waals surface area contributed by atoms with E-state index in [-0.39, 0.29) is 31.4 Å². The van der Waals surface area contributed by atoms with E-state index in [1.807, 2.05) is 4.57 Å². The number of fused-ring (bicyclic) bond motifs is 3. The van der Waals surface area contributed by atoms with Crippen LogP contribution in [0.4, 0.5) is 22.4 Å². The van der Waals surface area contributed by atoms with Crippen LogP contribution in [0, 0.1) is 5.82 Å². The Morgan fingerprint density at radius 1 is 1.12 bits per heavy atom. The van der Waals surface area contributed by atoms with Gasteiger partial charge in [0.1, 0.15) is 22.0 Å². The van der Waals surface area contributed by atoms with Crippen LogP contribution in [0.5, 0.6) is 5.75 Å². The lowest BCUT2D eigenvalue weighted by Gasteiger charge is -2.32. The lowest BCUT2D eigenvalue weighted by atomic mass is 9.94. The van der Waals surface area contributed by atoms with Crippen LogP contribution in [0.15, 0.2) is 47.1 Å². The van der Waals surface area contributed by atoms with Gasteiger partial charge in [-0.3, -0.25) is 4.57 Å². The Labute approximate surface area is 237 Å². The highest BCUT2D eigenvalue weighted by Crippen LogP contribution is 2.38. The number of aromatic nitrogens is 2. The maximum Gasteiger partial charge on any atom is 0.427 e. The summed E-state index contributed by atoms with van der Waals surface area (Å²) >= 11 is 3.66. The molecule has 0 N–H and O–H groups in total. The Hall–Kier alpha value is -3.12. The summed E-state index contributed by atoms with van der Waals surface area (Å²) in [6.45, 7) is -0.410. The second-order valence-corrected chi connectivity index (χ2v) is 10.6. The quantitative estimate of drug-likeness (QED) is 0.287. The van der Waals surface area contributed by atoms with E-state index in [2.05, 4.69) is 15.9 Å². The van der Waals surface area contributed by atoms with Crippen molar-refractivity contribution < 1.29 is 36.6 Å². The first kappa shape index (κ1) is 28.4. The Balaban J connectivity index is 1.17. The molecule has 2 aromatic carbocycles. The molecule has 214 valence electrons. The summed E-state index contributed by atoms with van der Waals surface area (Å²) in [5, 5.41) is 0. The fraction of sp³-hybridized carbons (Fsp3) is 0.429. The predicted molar refractivity (Wildman–Crippen MR) is 141 cm³/mol. The number of halogens is 5. The van der Waals surface area contributed by atoms with E-state index in [0.717, 1.165) is 27.4 Å². The van der Waals surface area contributed by atoms with Crippen LogP contribution in [0.3, 0.4) is 0 Å². The first-order valence-corrected chi connectivity index (χ1v) is 13.7. The van der Waals surface area contributed by atoms with Gasteiger partial charge in [-0.15, -0.1) is 0 Å². The minimum Gasteiger partial charge on any atom is -0.497 e. The Morgan fingerprint density at radius 2 is 1.85 bits per heavy atom. The lowest BCUT2D eigenvalue weighted by Crippen LogP contribution is -2.44. The third-order valence-corrected chi connectivity index (χ3v) is 8.02. The standard InChI is InChI=1S/C28H28BrF4N3O4/c1-38-21-6-2-17(3-7-21)15-39-16-23(28(31,32)33)40-27(37)35-12-10-18(11-13-35)25-26(29)36-22-8-5-20(30)14-19(22)4-9-24(36)34-25/h2-3,5-8,14,18,23H,4,9-13,15-16H2,1H3. The molecule has 0 bridgehead atoms. The number of ether oxygens (including phenoxy) is 3. The van der Waals surface area contributed by atoms with Crippen molar-refractivity contribution in [3.05, 3.63) is 75.5 Å². The maximum absolute atomic E-state index is 13.7. The molecule has 0 saturated carbocycles. The number of aryl methyl sites for hydroxylation is 2. The lowest BCUT2D eigenvalue weighted by molar-refractivity contribution is -0.220. The molecule has 0 radical (unpaired) electrons. The van der Waals surface area contributed by atoms with Gasteiger partial charge in [0.05, 0.1) is 31.7 Å². The van der Waals surface area contributed by atoms with E-state index in [9.17, 15) is 22.4 Å². The van der Waals surface area contributed by atoms with E-state index >= 15 is 0 Å². The van der Waals surface area contributed by atoms with Crippen LogP contribution in [-0.2, 0) is 28.9 Å². The highest BCUT2D eigenvalue weighted by Gasteiger charge is 2.44. The number of piperidine rings is 1. The molecular formula is C28H28BrF4N3O4. The Bertz CT molecular complexity index is 1350. The van der Waals surface area contributed by atoms with Crippen LogP contribution >= 0.6 is 15.9 Å². The zero-order valence-electron chi connectivity index (χ0n) is 21.7. The van der Waals surface area contributed by atoms with Crippen molar-refractivity contribution in [2.45, 2.75) is 50.5 Å². The summed E-state index contributed by atoms with van der Waals surface area (Å²) in [5.41, 5.74) is 3.28. The third kappa shape index (κ3) is 6.12. The van der Waals surface area contributed by atoms with Gasteiger partial charge in [0, 0.05) is 25.4 Å². The normalized spacial score (nSPS) is 16.3. The van der Waals surface area contributed by atoms with Crippen molar-refractivity contribution in [2.75, 3.05) is 26.8 Å². The topological polar surface area (TPSA) is 65.8 Å². The van der Waals surface area contributed by atoms with Crippen molar-refractivity contribution in [3.63, 3.8) is 0 Å². The molecule has 3 heterocycles. The Morgan fingerprint density at radius 3 is 2.52 bits per heavy atom. The second-order valence-electron chi connectivity index (χ2n) is 9.85. The molecule has 5 rings (SSSR count). The second kappa shape index (κ2) is 11.8. The van der Waals surface area contributed by atoms with Crippen LogP contribution < -0.4 is 4.74 Å². The molecule has 40 heavy (non-hydrogen) atoms. The van der Waals surface area contributed by atoms with Gasteiger partial charge in [-0.05, 0) is 76.7 Å². The summed E-state index contributed by atoms with van der Waals surface area (Å²) in [7, 11) is 1.52. The molecular weight excluding hydrogens is 598 g/mol. The summed E-state index contributed by atoms with van der Waals surface area (Å²) in [5.74, 6) is 1.21. The zero-order chi connectivity index (χ0) is 28.4. The molecule has 1 amide bonds. The zero-order valence-corrected chi connectivity index (χ0v) is 23.3. The SMILES string of the molecule is COc1ccc(COCC(OC(=O)N2CCC(c3nc4n(c3Br)-c3ccc(F)cc3CC4)CC2)C(F)(F)F)cc1. The number of hydrogen-bond donors (Lipinski definition) is 0. The number of rotatable bonds is 7. The predicted octanol–water partition coefficient (Wildman–Crippen LogP) is 6.34.